The van der Waals surface area contributed by atoms with Crippen LogP contribution < -0.4 is 10.1 Å². The Kier molecular flexibility index (Phi) is 6.15. The van der Waals surface area contributed by atoms with Crippen molar-refractivity contribution in [2.75, 3.05) is 19.5 Å². The van der Waals surface area contributed by atoms with Gasteiger partial charge < -0.3 is 10.1 Å². The van der Waals surface area contributed by atoms with E-state index in [0.29, 0.717) is 6.54 Å². The van der Waals surface area contributed by atoms with Crippen LogP contribution in [0, 0.1) is 19.7 Å². The molecule has 1 atom stereocenters. The zero-order chi connectivity index (χ0) is 18.6. The number of rotatable bonds is 6. The minimum atomic E-state index is -0.438. The van der Waals surface area contributed by atoms with Gasteiger partial charge >= 0.3 is 0 Å². The van der Waals surface area contributed by atoms with Gasteiger partial charge in [0.2, 0.25) is 5.91 Å². The van der Waals surface area contributed by atoms with E-state index in [1.165, 1.54) is 6.07 Å². The molecule has 4 nitrogen and oxygen atoms in total. The fourth-order valence-electron chi connectivity index (χ4n) is 2.88. The van der Waals surface area contributed by atoms with Crippen LogP contribution in [-0.4, -0.2) is 31.0 Å². The third kappa shape index (κ3) is 4.57. The Morgan fingerprint density at radius 1 is 1.24 bits per heavy atom. The van der Waals surface area contributed by atoms with E-state index in [-0.39, 0.29) is 11.6 Å². The molecule has 0 aliphatic carbocycles. The summed E-state index contributed by atoms with van der Waals surface area (Å²) in [5.41, 5.74) is 3.43. The average molecular weight is 344 g/mol. The van der Waals surface area contributed by atoms with Crippen molar-refractivity contribution in [1.82, 2.24) is 4.90 Å². The second kappa shape index (κ2) is 8.12. The normalized spacial score (nSPS) is 12.1. The SMILES string of the molecule is COc1c(C)cc(CN(C)C(C)C(=O)Nc2ccccc2F)cc1C. The number of benzene rings is 2. The molecule has 2 rings (SSSR count). The molecule has 0 radical (unpaired) electrons. The minimum absolute atomic E-state index is 0.198. The molecular weight excluding hydrogens is 319 g/mol. The zero-order valence-corrected chi connectivity index (χ0v) is 15.4. The van der Waals surface area contributed by atoms with Crippen molar-refractivity contribution >= 4 is 11.6 Å². The lowest BCUT2D eigenvalue weighted by molar-refractivity contribution is -0.120. The first-order chi connectivity index (χ1) is 11.8. The molecule has 25 heavy (non-hydrogen) atoms. The molecule has 2 aromatic carbocycles. The van der Waals surface area contributed by atoms with Crippen molar-refractivity contribution < 1.29 is 13.9 Å². The number of likely N-dealkylation sites (N-methyl/N-ethyl adjacent to an activating group) is 1. The van der Waals surface area contributed by atoms with E-state index in [1.807, 2.05) is 25.8 Å². The van der Waals surface area contributed by atoms with Gasteiger partial charge in [-0.3, -0.25) is 9.69 Å². The lowest BCUT2D eigenvalue weighted by Crippen LogP contribution is -2.39. The van der Waals surface area contributed by atoms with Gasteiger partial charge in [-0.15, -0.1) is 0 Å². The van der Waals surface area contributed by atoms with E-state index in [4.69, 9.17) is 4.74 Å². The summed E-state index contributed by atoms with van der Waals surface area (Å²) in [7, 11) is 3.54. The predicted octanol–water partition coefficient (Wildman–Crippen LogP) is 3.91. The Balaban J connectivity index is 2.06. The molecule has 0 bridgehead atoms. The number of nitrogens with zero attached hydrogens (tertiary/aromatic N) is 1. The number of nitrogens with one attached hydrogen (secondary N) is 1. The fraction of sp³-hybridized carbons (Fsp3) is 0.350. The minimum Gasteiger partial charge on any atom is -0.496 e. The molecular formula is C20H25FN2O2. The van der Waals surface area contributed by atoms with Crippen molar-refractivity contribution in [3.8, 4) is 5.75 Å². The average Bonchev–Trinajstić information content (AvgIpc) is 2.56. The Bertz CT molecular complexity index is 738. The summed E-state index contributed by atoms with van der Waals surface area (Å²) in [6, 6.07) is 9.88. The van der Waals surface area contributed by atoms with Gasteiger partial charge in [-0.05, 0) is 56.6 Å². The molecule has 0 heterocycles. The van der Waals surface area contributed by atoms with Crippen LogP contribution in [0.25, 0.3) is 0 Å². The van der Waals surface area contributed by atoms with Crippen LogP contribution in [-0.2, 0) is 11.3 Å². The fourth-order valence-corrected chi connectivity index (χ4v) is 2.88. The number of carbonyl (C=O) groups is 1. The first-order valence-electron chi connectivity index (χ1n) is 8.23. The number of anilines is 1. The molecule has 1 N–H and O–H groups in total. The number of hydrogen-bond acceptors (Lipinski definition) is 3. The van der Waals surface area contributed by atoms with Gasteiger partial charge in [-0.2, -0.15) is 0 Å². The molecule has 0 spiro atoms. The number of methoxy groups -OCH3 is 1. The van der Waals surface area contributed by atoms with Gasteiger partial charge in [0, 0.05) is 6.54 Å². The Labute approximate surface area is 148 Å². The molecule has 0 saturated heterocycles. The number of amides is 1. The predicted molar refractivity (Wildman–Crippen MR) is 98.4 cm³/mol. The Morgan fingerprint density at radius 2 is 1.84 bits per heavy atom. The maximum Gasteiger partial charge on any atom is 0.241 e. The monoisotopic (exact) mass is 344 g/mol. The molecule has 0 saturated carbocycles. The van der Waals surface area contributed by atoms with Gasteiger partial charge in [0.15, 0.2) is 0 Å². The molecule has 2 aromatic rings. The number of hydrogen-bond donors (Lipinski definition) is 1. The van der Waals surface area contributed by atoms with E-state index in [0.717, 1.165) is 22.4 Å². The first-order valence-corrected chi connectivity index (χ1v) is 8.23. The lowest BCUT2D eigenvalue weighted by atomic mass is 10.0. The molecule has 1 unspecified atom stereocenters. The van der Waals surface area contributed by atoms with Crippen molar-refractivity contribution in [1.29, 1.82) is 0 Å². The maximum absolute atomic E-state index is 13.7. The van der Waals surface area contributed by atoms with Gasteiger partial charge in [-0.1, -0.05) is 24.3 Å². The number of aryl methyl sites for hydroxylation is 2. The third-order valence-electron chi connectivity index (χ3n) is 4.33. The highest BCUT2D eigenvalue weighted by Gasteiger charge is 2.19. The van der Waals surface area contributed by atoms with Crippen LogP contribution in [0.4, 0.5) is 10.1 Å². The standard InChI is InChI=1S/C20H25FN2O2/c1-13-10-16(11-14(2)19(13)25-5)12-23(4)15(3)20(24)22-18-9-7-6-8-17(18)21/h6-11,15H,12H2,1-5H3,(H,22,24). The van der Waals surface area contributed by atoms with Crippen molar-refractivity contribution in [3.05, 3.63) is 58.9 Å². The third-order valence-corrected chi connectivity index (χ3v) is 4.33. The smallest absolute Gasteiger partial charge is 0.241 e. The van der Waals surface area contributed by atoms with E-state index < -0.39 is 11.9 Å². The maximum atomic E-state index is 13.7. The number of carbonyl (C=O) groups excluding carboxylic acids is 1. The topological polar surface area (TPSA) is 41.6 Å². The summed E-state index contributed by atoms with van der Waals surface area (Å²) in [5.74, 6) is 0.207. The molecule has 0 fully saturated rings. The van der Waals surface area contributed by atoms with Crippen LogP contribution in [0.3, 0.4) is 0 Å². The van der Waals surface area contributed by atoms with E-state index >= 15 is 0 Å². The number of ether oxygens (including phenoxy) is 1. The van der Waals surface area contributed by atoms with Gasteiger partial charge in [0.25, 0.3) is 0 Å². The number of para-hydroxylation sites is 1. The summed E-state index contributed by atoms with van der Waals surface area (Å²) < 4.78 is 19.1. The summed E-state index contributed by atoms with van der Waals surface area (Å²) in [6.45, 7) is 6.42. The summed E-state index contributed by atoms with van der Waals surface area (Å²) in [4.78, 5) is 14.3. The Morgan fingerprint density at radius 3 is 2.40 bits per heavy atom. The van der Waals surface area contributed by atoms with Crippen LogP contribution in [0.2, 0.25) is 0 Å². The van der Waals surface area contributed by atoms with Crippen LogP contribution in [0.5, 0.6) is 5.75 Å². The van der Waals surface area contributed by atoms with Crippen molar-refractivity contribution in [3.63, 3.8) is 0 Å². The molecule has 0 aliphatic rings. The summed E-state index contributed by atoms with van der Waals surface area (Å²) in [5, 5.41) is 2.64. The molecule has 0 aromatic heterocycles. The van der Waals surface area contributed by atoms with E-state index in [1.54, 1.807) is 32.2 Å². The van der Waals surface area contributed by atoms with Crippen molar-refractivity contribution in [2.45, 2.75) is 33.4 Å². The van der Waals surface area contributed by atoms with E-state index in [9.17, 15) is 9.18 Å². The first kappa shape index (κ1) is 18.9. The Hall–Kier alpha value is -2.40. The van der Waals surface area contributed by atoms with E-state index in [2.05, 4.69) is 17.4 Å². The van der Waals surface area contributed by atoms with Crippen molar-refractivity contribution in [2.24, 2.45) is 0 Å². The second-order valence-corrected chi connectivity index (χ2v) is 6.32. The highest BCUT2D eigenvalue weighted by molar-refractivity contribution is 5.94. The zero-order valence-electron chi connectivity index (χ0n) is 15.4. The quantitative estimate of drug-likeness (QED) is 0.864. The second-order valence-electron chi connectivity index (χ2n) is 6.32. The summed E-state index contributed by atoms with van der Waals surface area (Å²) >= 11 is 0. The van der Waals surface area contributed by atoms with Crippen LogP contribution >= 0.6 is 0 Å². The van der Waals surface area contributed by atoms with Crippen LogP contribution in [0.15, 0.2) is 36.4 Å². The molecule has 5 heteroatoms. The lowest BCUT2D eigenvalue weighted by Gasteiger charge is -2.24. The highest BCUT2D eigenvalue weighted by Crippen LogP contribution is 2.25. The highest BCUT2D eigenvalue weighted by atomic mass is 19.1. The molecule has 1 amide bonds. The van der Waals surface area contributed by atoms with Crippen LogP contribution in [0.1, 0.15) is 23.6 Å². The largest absolute Gasteiger partial charge is 0.496 e. The summed E-state index contributed by atoms with van der Waals surface area (Å²) in [6.07, 6.45) is 0. The number of halogens is 1. The van der Waals surface area contributed by atoms with Gasteiger partial charge in [0.05, 0.1) is 18.8 Å². The molecule has 0 aliphatic heterocycles. The van der Waals surface area contributed by atoms with Gasteiger partial charge in [0.1, 0.15) is 11.6 Å². The van der Waals surface area contributed by atoms with Gasteiger partial charge in [-0.25, -0.2) is 4.39 Å². The molecule has 134 valence electrons.